The SMILES string of the molecule is O=C(O)c1cc(NC(=O)c2ccc([N+](=O)[O-])cc2)cc(C(=O)O)c1. The zero-order valence-electron chi connectivity index (χ0n) is 11.9. The minimum absolute atomic E-state index is 0.0179. The molecule has 1 amide bonds. The van der Waals surface area contributed by atoms with Crippen molar-refractivity contribution in [3.05, 3.63) is 69.3 Å². The number of carboxylic acid groups (broad SMARTS) is 2. The molecule has 0 atom stereocenters. The van der Waals surface area contributed by atoms with Crippen LogP contribution < -0.4 is 5.32 Å². The molecule has 0 spiro atoms. The van der Waals surface area contributed by atoms with Crippen molar-refractivity contribution >= 4 is 29.2 Å². The molecule has 2 rings (SSSR count). The number of hydrogen-bond acceptors (Lipinski definition) is 5. The summed E-state index contributed by atoms with van der Waals surface area (Å²) in [6.45, 7) is 0. The third-order valence-electron chi connectivity index (χ3n) is 3.03. The van der Waals surface area contributed by atoms with Crippen molar-refractivity contribution in [1.29, 1.82) is 0 Å². The number of rotatable bonds is 5. The van der Waals surface area contributed by atoms with E-state index in [1.807, 2.05) is 0 Å². The van der Waals surface area contributed by atoms with Gasteiger partial charge in [0.05, 0.1) is 16.1 Å². The number of carbonyl (C=O) groups is 3. The minimum Gasteiger partial charge on any atom is -0.478 e. The maximum Gasteiger partial charge on any atom is 0.335 e. The fraction of sp³-hybridized carbons (Fsp3) is 0. The molecule has 0 aliphatic rings. The Kier molecular flexibility index (Phi) is 4.55. The minimum atomic E-state index is -1.34. The molecule has 0 saturated carbocycles. The Labute approximate surface area is 134 Å². The van der Waals surface area contributed by atoms with Crippen molar-refractivity contribution in [1.82, 2.24) is 0 Å². The van der Waals surface area contributed by atoms with Crippen LogP contribution in [-0.4, -0.2) is 33.0 Å². The number of nitrogens with one attached hydrogen (secondary N) is 1. The number of carboxylic acids is 2. The molecule has 0 unspecified atom stereocenters. The molecule has 24 heavy (non-hydrogen) atoms. The van der Waals surface area contributed by atoms with Crippen LogP contribution in [0.3, 0.4) is 0 Å². The maximum absolute atomic E-state index is 12.1. The first-order valence-electron chi connectivity index (χ1n) is 6.45. The lowest BCUT2D eigenvalue weighted by molar-refractivity contribution is -0.384. The van der Waals surface area contributed by atoms with Crippen LogP contribution in [-0.2, 0) is 0 Å². The predicted octanol–water partition coefficient (Wildman–Crippen LogP) is 2.24. The largest absolute Gasteiger partial charge is 0.478 e. The zero-order valence-corrected chi connectivity index (χ0v) is 11.9. The van der Waals surface area contributed by atoms with E-state index in [1.54, 1.807) is 0 Å². The quantitative estimate of drug-likeness (QED) is 0.562. The molecule has 2 aromatic rings. The van der Waals surface area contributed by atoms with Crippen molar-refractivity contribution in [2.24, 2.45) is 0 Å². The highest BCUT2D eigenvalue weighted by Gasteiger charge is 2.14. The molecule has 2 aromatic carbocycles. The number of benzene rings is 2. The van der Waals surface area contributed by atoms with Crippen LogP contribution in [0.4, 0.5) is 11.4 Å². The molecule has 0 heterocycles. The molecule has 0 aromatic heterocycles. The Morgan fingerprint density at radius 1 is 0.875 bits per heavy atom. The monoisotopic (exact) mass is 330 g/mol. The number of non-ortho nitro benzene ring substituents is 1. The van der Waals surface area contributed by atoms with E-state index in [-0.39, 0.29) is 28.1 Å². The number of amides is 1. The van der Waals surface area contributed by atoms with E-state index in [0.717, 1.165) is 30.3 Å². The summed E-state index contributed by atoms with van der Waals surface area (Å²) in [5, 5.41) is 30.9. The highest BCUT2D eigenvalue weighted by molar-refractivity contribution is 6.05. The Morgan fingerprint density at radius 3 is 1.79 bits per heavy atom. The molecular formula is C15H10N2O7. The smallest absolute Gasteiger partial charge is 0.335 e. The van der Waals surface area contributed by atoms with E-state index in [9.17, 15) is 24.5 Å². The van der Waals surface area contributed by atoms with Crippen molar-refractivity contribution < 1.29 is 29.5 Å². The van der Waals surface area contributed by atoms with Gasteiger partial charge in [-0.15, -0.1) is 0 Å². The summed E-state index contributed by atoms with van der Waals surface area (Å²) in [4.78, 5) is 44.1. The molecule has 0 saturated heterocycles. The van der Waals surface area contributed by atoms with Crippen LogP contribution in [0.25, 0.3) is 0 Å². The van der Waals surface area contributed by atoms with E-state index in [2.05, 4.69) is 5.32 Å². The third kappa shape index (κ3) is 3.71. The number of aromatic carboxylic acids is 2. The van der Waals surface area contributed by atoms with Gasteiger partial charge in [0.25, 0.3) is 11.6 Å². The maximum atomic E-state index is 12.1. The van der Waals surface area contributed by atoms with Crippen LogP contribution in [0.1, 0.15) is 31.1 Å². The van der Waals surface area contributed by atoms with Crippen molar-refractivity contribution in [2.75, 3.05) is 5.32 Å². The van der Waals surface area contributed by atoms with Gasteiger partial charge in [-0.1, -0.05) is 0 Å². The summed E-state index contributed by atoms with van der Waals surface area (Å²) in [5.74, 6) is -3.35. The van der Waals surface area contributed by atoms with Crippen molar-refractivity contribution in [3.63, 3.8) is 0 Å². The Hall–Kier alpha value is -3.75. The van der Waals surface area contributed by atoms with E-state index in [1.165, 1.54) is 12.1 Å². The number of nitro benzene ring substituents is 1. The predicted molar refractivity (Wildman–Crippen MR) is 81.4 cm³/mol. The Balaban J connectivity index is 2.29. The van der Waals surface area contributed by atoms with Gasteiger partial charge in [0.2, 0.25) is 0 Å². The topological polar surface area (TPSA) is 147 Å². The number of anilines is 1. The highest BCUT2D eigenvalue weighted by Crippen LogP contribution is 2.18. The second-order valence-corrected chi connectivity index (χ2v) is 4.67. The van der Waals surface area contributed by atoms with Crippen LogP contribution in [0.2, 0.25) is 0 Å². The van der Waals surface area contributed by atoms with Gasteiger partial charge < -0.3 is 15.5 Å². The van der Waals surface area contributed by atoms with Gasteiger partial charge in [-0.3, -0.25) is 14.9 Å². The Bertz CT molecular complexity index is 811. The van der Waals surface area contributed by atoms with Gasteiger partial charge in [0.1, 0.15) is 0 Å². The van der Waals surface area contributed by atoms with Crippen molar-refractivity contribution in [3.8, 4) is 0 Å². The van der Waals surface area contributed by atoms with Crippen LogP contribution in [0.5, 0.6) is 0 Å². The summed E-state index contributed by atoms with van der Waals surface area (Å²) >= 11 is 0. The van der Waals surface area contributed by atoms with Crippen LogP contribution in [0.15, 0.2) is 42.5 Å². The number of hydrogen-bond donors (Lipinski definition) is 3. The molecule has 0 fully saturated rings. The standard InChI is InChI=1S/C15H10N2O7/c18-13(8-1-3-12(4-2-8)17(23)24)16-11-6-9(14(19)20)5-10(7-11)15(21)22/h1-7H,(H,16,18)(H,19,20)(H,21,22). The van der Waals surface area contributed by atoms with Crippen LogP contribution >= 0.6 is 0 Å². The zero-order chi connectivity index (χ0) is 17.9. The summed E-state index contributed by atoms with van der Waals surface area (Å²) in [6, 6.07) is 7.93. The first-order chi connectivity index (χ1) is 11.3. The number of carbonyl (C=O) groups excluding carboxylic acids is 1. The van der Waals surface area contributed by atoms with Crippen LogP contribution in [0, 0.1) is 10.1 Å². The molecular weight excluding hydrogens is 320 g/mol. The Morgan fingerprint density at radius 2 is 1.38 bits per heavy atom. The van der Waals surface area contributed by atoms with Gasteiger partial charge in [0.15, 0.2) is 0 Å². The summed E-state index contributed by atoms with van der Waals surface area (Å²) in [7, 11) is 0. The first kappa shape index (κ1) is 16.6. The van der Waals surface area contributed by atoms with Gasteiger partial charge in [0, 0.05) is 23.4 Å². The fourth-order valence-electron chi connectivity index (χ4n) is 1.88. The second kappa shape index (κ2) is 6.57. The third-order valence-corrected chi connectivity index (χ3v) is 3.03. The molecule has 122 valence electrons. The molecule has 9 nitrogen and oxygen atoms in total. The molecule has 0 aliphatic carbocycles. The number of nitrogens with zero attached hydrogens (tertiary/aromatic N) is 1. The summed E-state index contributed by atoms with van der Waals surface area (Å²) in [5.41, 5.74) is -0.704. The molecule has 0 bridgehead atoms. The van der Waals surface area contributed by atoms with E-state index in [0.29, 0.717) is 0 Å². The van der Waals surface area contributed by atoms with Crippen molar-refractivity contribution in [2.45, 2.75) is 0 Å². The van der Waals surface area contributed by atoms with Gasteiger partial charge in [-0.05, 0) is 30.3 Å². The lowest BCUT2D eigenvalue weighted by Gasteiger charge is -2.08. The van der Waals surface area contributed by atoms with E-state index < -0.39 is 22.8 Å². The first-order valence-corrected chi connectivity index (χ1v) is 6.45. The molecule has 9 heteroatoms. The van der Waals surface area contributed by atoms with E-state index >= 15 is 0 Å². The normalized spacial score (nSPS) is 10.0. The van der Waals surface area contributed by atoms with Gasteiger partial charge >= 0.3 is 11.9 Å². The molecule has 0 aliphatic heterocycles. The molecule has 0 radical (unpaired) electrons. The van der Waals surface area contributed by atoms with Gasteiger partial charge in [-0.25, -0.2) is 9.59 Å². The summed E-state index contributed by atoms with van der Waals surface area (Å²) in [6.07, 6.45) is 0. The highest BCUT2D eigenvalue weighted by atomic mass is 16.6. The fourth-order valence-corrected chi connectivity index (χ4v) is 1.88. The van der Waals surface area contributed by atoms with E-state index in [4.69, 9.17) is 10.2 Å². The summed E-state index contributed by atoms with van der Waals surface area (Å²) < 4.78 is 0. The lowest BCUT2D eigenvalue weighted by atomic mass is 10.1. The number of nitro groups is 1. The second-order valence-electron chi connectivity index (χ2n) is 4.67. The average molecular weight is 330 g/mol. The van der Waals surface area contributed by atoms with Gasteiger partial charge in [-0.2, -0.15) is 0 Å². The molecule has 3 N–H and O–H groups in total. The lowest BCUT2D eigenvalue weighted by Crippen LogP contribution is -2.13. The average Bonchev–Trinajstić information content (AvgIpc) is 2.54.